The Morgan fingerprint density at radius 3 is 1.48 bits per heavy atom. The first-order valence-electron chi connectivity index (χ1n) is 32.3. The van der Waals surface area contributed by atoms with Crippen LogP contribution in [0.15, 0.2) is 29.2 Å². The second-order valence-corrected chi connectivity index (χ2v) is 28.9. The monoisotopic (exact) mass is 1300 g/mol. The van der Waals surface area contributed by atoms with Crippen molar-refractivity contribution in [3.05, 3.63) is 24.3 Å². The molecule has 0 saturated carbocycles. The lowest BCUT2D eigenvalue weighted by Crippen LogP contribution is -2.63. The highest BCUT2D eigenvalue weighted by Crippen LogP contribution is 2.40. The summed E-state index contributed by atoms with van der Waals surface area (Å²) in [6.07, 6.45) is 0.106. The second-order valence-electron chi connectivity index (χ2n) is 27.7. The summed E-state index contributed by atoms with van der Waals surface area (Å²) in [6.45, 7) is 27.9. The summed E-state index contributed by atoms with van der Waals surface area (Å²) in [6, 6.07) is -5.47. The third kappa shape index (κ3) is 21.3. The average Bonchev–Trinajstić information content (AvgIpc) is 1.80. The third-order valence-corrected chi connectivity index (χ3v) is 18.3. The summed E-state index contributed by atoms with van der Waals surface area (Å²) in [5.41, 5.74) is -0.548. The zero-order chi connectivity index (χ0) is 69.5. The fraction of sp³-hybridized carbons (Fsp3) is 0.742. The molecular formula is C66H111N11O13S. The maximum Gasteiger partial charge on any atom is 0.246 e. The van der Waals surface area contributed by atoms with Crippen molar-refractivity contribution in [1.29, 1.82) is 0 Å². The van der Waals surface area contributed by atoms with Crippen LogP contribution in [0.25, 0.3) is 0 Å². The van der Waals surface area contributed by atoms with Crippen molar-refractivity contribution in [2.75, 3.05) is 55.9 Å². The molecule has 2 aliphatic rings. The summed E-state index contributed by atoms with van der Waals surface area (Å²) < 4.78 is 6.69. The molecule has 11 amide bonds. The minimum absolute atomic E-state index is 0.0435. The van der Waals surface area contributed by atoms with E-state index in [0.29, 0.717) is 11.3 Å². The van der Waals surface area contributed by atoms with Gasteiger partial charge in [0.05, 0.1) is 12.6 Å². The Labute approximate surface area is 546 Å². The van der Waals surface area contributed by atoms with E-state index < -0.39 is 155 Å². The highest BCUT2D eigenvalue weighted by atomic mass is 32.2. The first-order valence-corrected chi connectivity index (χ1v) is 33.2. The zero-order valence-electron chi connectivity index (χ0n) is 58.6. The van der Waals surface area contributed by atoms with Crippen molar-refractivity contribution in [2.24, 2.45) is 41.4 Å². The van der Waals surface area contributed by atoms with Gasteiger partial charge < -0.3 is 65.4 Å². The summed E-state index contributed by atoms with van der Waals surface area (Å²) in [7, 11) is 10.1. The standard InChI is InChI=1S/C66H111N11O13S/c1-24-46-62(85)71(17)34-51(79)72(18)47(28-35(2)3)59(82)70-53(39(10)11)65(88)73(19)48(29-36(4)5)58(81)67-42(15)57(80)68-43(16)61(84)74(20)49(30-37(6)7)63(86)75(21)50(31-38(8)9)64(87)76(22)54(40(12)13)66(89)77(23)55(60(83)69-46)56-41(14)32-52(90-56)91-45-27-25-26-44(78)33-45/h25-27,33,35-43,46-50,52-56,78H,24,28-32,34H2,1-23H3,(H,67,81)(H,68,80)(H,69,83)(H,70,82)/t41-,42+,43-,46+,47+,48+,49+,50+,52+,53+,54+,55+,56-/m1/s1. The van der Waals surface area contributed by atoms with Gasteiger partial charge in [0, 0.05) is 54.2 Å². The minimum atomic E-state index is -1.41. The van der Waals surface area contributed by atoms with Crippen LogP contribution >= 0.6 is 11.8 Å². The summed E-state index contributed by atoms with van der Waals surface area (Å²) >= 11 is 1.33. The smallest absolute Gasteiger partial charge is 0.246 e. The van der Waals surface area contributed by atoms with Crippen molar-refractivity contribution in [3.8, 4) is 5.75 Å². The number of hydrogen-bond donors (Lipinski definition) is 5. The molecule has 5 N–H and O–H groups in total. The van der Waals surface area contributed by atoms with Crippen LogP contribution in [0.3, 0.4) is 0 Å². The van der Waals surface area contributed by atoms with Gasteiger partial charge in [0.25, 0.3) is 0 Å². The molecule has 2 heterocycles. The van der Waals surface area contributed by atoms with Gasteiger partial charge in [-0.25, -0.2) is 0 Å². The molecule has 0 bridgehead atoms. The molecule has 2 aliphatic heterocycles. The fourth-order valence-electron chi connectivity index (χ4n) is 11.8. The number of ether oxygens (including phenoxy) is 1. The summed E-state index contributed by atoms with van der Waals surface area (Å²) in [4.78, 5) is 171. The van der Waals surface area contributed by atoms with Gasteiger partial charge in [-0.05, 0) is 112 Å². The van der Waals surface area contributed by atoms with Crippen LogP contribution in [0.1, 0.15) is 149 Å². The Kier molecular flexibility index (Phi) is 30.3. The van der Waals surface area contributed by atoms with E-state index in [4.69, 9.17) is 4.74 Å². The Bertz CT molecular complexity index is 2710. The van der Waals surface area contributed by atoms with E-state index in [2.05, 4.69) is 21.3 Å². The molecule has 514 valence electrons. The first-order chi connectivity index (χ1) is 42.2. The number of rotatable bonds is 14. The SMILES string of the molecule is CC[C@@H]1NC(=O)[C@H]([C@@H]2O[C@@H](Sc3cccc(O)c3)C[C@H]2C)N(C)C(=O)[C@H](C(C)C)N(C)C(=O)[C@H](CC(C)C)N(C)C(=O)[C@H](CC(C)C)N(C)C(=O)[C@@H](C)NC(=O)[C@H](C)NC(=O)[C@H](CC(C)C)N(C)C(=O)[C@H](C(C)C)NC(=O)[C@H](CC(C)C)N(C)C(=O)CN(C)C1=O. The van der Waals surface area contributed by atoms with Gasteiger partial charge in [-0.15, -0.1) is 0 Å². The molecular weight excluding hydrogens is 1190 g/mol. The number of nitrogens with zero attached hydrogens (tertiary/aromatic N) is 7. The first kappa shape index (κ1) is 78.7. The second kappa shape index (κ2) is 35.0. The Balaban J connectivity index is 2.31. The van der Waals surface area contributed by atoms with Gasteiger partial charge in [-0.3, -0.25) is 52.7 Å². The number of carbonyl (C=O) groups excluding carboxylic acids is 11. The Morgan fingerprint density at radius 1 is 0.516 bits per heavy atom. The molecule has 25 heteroatoms. The molecule has 0 spiro atoms. The van der Waals surface area contributed by atoms with Crippen molar-refractivity contribution in [2.45, 2.75) is 226 Å². The third-order valence-electron chi connectivity index (χ3n) is 17.3. The van der Waals surface area contributed by atoms with Crippen LogP contribution in [0, 0.1) is 41.4 Å². The van der Waals surface area contributed by atoms with Crippen LogP contribution in [0.4, 0.5) is 0 Å². The number of nitrogens with one attached hydrogen (secondary N) is 4. The number of aromatic hydroxyl groups is 1. The summed E-state index contributed by atoms with van der Waals surface area (Å²) in [5.74, 6) is -9.16. The maximum absolute atomic E-state index is 15.5. The molecule has 13 atom stereocenters. The lowest BCUT2D eigenvalue weighted by molar-refractivity contribution is -0.157. The van der Waals surface area contributed by atoms with E-state index in [1.807, 2.05) is 68.4 Å². The van der Waals surface area contributed by atoms with Gasteiger partial charge in [0.1, 0.15) is 71.6 Å². The van der Waals surface area contributed by atoms with Gasteiger partial charge in [-0.1, -0.05) is 115 Å². The molecule has 2 saturated heterocycles. The van der Waals surface area contributed by atoms with E-state index in [9.17, 15) is 38.7 Å². The van der Waals surface area contributed by atoms with Gasteiger partial charge in [-0.2, -0.15) is 0 Å². The van der Waals surface area contributed by atoms with Crippen LogP contribution in [-0.4, -0.2) is 232 Å². The number of phenolic OH excluding ortho intramolecular Hbond substituents is 1. The molecule has 0 unspecified atom stereocenters. The average molecular weight is 1300 g/mol. The van der Waals surface area contributed by atoms with Crippen LogP contribution in [0.2, 0.25) is 0 Å². The number of thioether (sulfide) groups is 1. The summed E-state index contributed by atoms with van der Waals surface area (Å²) in [5, 5.41) is 21.5. The largest absolute Gasteiger partial charge is 0.508 e. The molecule has 3 rings (SSSR count). The highest BCUT2D eigenvalue weighted by Gasteiger charge is 2.49. The molecule has 24 nitrogen and oxygen atoms in total. The van der Waals surface area contributed by atoms with E-state index in [0.717, 1.165) is 4.90 Å². The van der Waals surface area contributed by atoms with Crippen molar-refractivity contribution < 1.29 is 62.6 Å². The fourth-order valence-corrected chi connectivity index (χ4v) is 13.1. The molecule has 0 radical (unpaired) electrons. The molecule has 2 fully saturated rings. The van der Waals surface area contributed by atoms with Gasteiger partial charge in [0.2, 0.25) is 65.0 Å². The van der Waals surface area contributed by atoms with E-state index in [1.54, 1.807) is 52.8 Å². The molecule has 1 aromatic rings. The number of hydrogen-bond acceptors (Lipinski definition) is 14. The number of amides is 11. The van der Waals surface area contributed by atoms with Gasteiger partial charge >= 0.3 is 0 Å². The minimum Gasteiger partial charge on any atom is -0.508 e. The number of phenols is 1. The quantitative estimate of drug-likeness (QED) is 0.171. The zero-order valence-corrected chi connectivity index (χ0v) is 59.4. The normalized spacial score (nSPS) is 28.4. The number of benzene rings is 1. The van der Waals surface area contributed by atoms with Crippen LogP contribution < -0.4 is 21.3 Å². The number of likely N-dealkylation sites (N-methyl/N-ethyl adjacent to an activating group) is 7. The predicted molar refractivity (Wildman–Crippen MR) is 350 cm³/mol. The van der Waals surface area contributed by atoms with Crippen molar-refractivity contribution >= 4 is 76.7 Å². The van der Waals surface area contributed by atoms with Crippen molar-refractivity contribution in [1.82, 2.24) is 55.6 Å². The topological polar surface area (TPSA) is 288 Å². The molecule has 0 aliphatic carbocycles. The maximum atomic E-state index is 15.5. The molecule has 1 aromatic carbocycles. The Morgan fingerprint density at radius 2 is 0.989 bits per heavy atom. The Hall–Kier alpha value is -6.50. The van der Waals surface area contributed by atoms with E-state index >= 15 is 19.2 Å². The molecule has 91 heavy (non-hydrogen) atoms. The lowest BCUT2D eigenvalue weighted by atomic mass is 9.93. The van der Waals surface area contributed by atoms with Gasteiger partial charge in [0.15, 0.2) is 0 Å². The van der Waals surface area contributed by atoms with Crippen LogP contribution in [-0.2, 0) is 57.5 Å². The highest BCUT2D eigenvalue weighted by molar-refractivity contribution is 7.99. The lowest BCUT2D eigenvalue weighted by Gasteiger charge is -2.41. The number of carbonyl (C=O) groups is 11. The van der Waals surface area contributed by atoms with Crippen molar-refractivity contribution in [3.63, 3.8) is 0 Å². The van der Waals surface area contributed by atoms with E-state index in [1.165, 1.54) is 104 Å². The molecule has 0 aromatic heterocycles. The van der Waals surface area contributed by atoms with E-state index in [-0.39, 0.29) is 67.4 Å². The van der Waals surface area contributed by atoms with Crippen LogP contribution in [0.5, 0.6) is 5.75 Å². The predicted octanol–water partition coefficient (Wildman–Crippen LogP) is 4.55.